The van der Waals surface area contributed by atoms with Gasteiger partial charge in [-0.1, -0.05) is 50.6 Å². The molecule has 0 bridgehead atoms. The maximum Gasteiger partial charge on any atom is 0.408 e. The molecule has 1 saturated heterocycles. The average Bonchev–Trinajstić information content (AvgIpc) is 3.14. The molecule has 0 radical (unpaired) electrons. The van der Waals surface area contributed by atoms with E-state index < -0.39 is 30.1 Å². The largest absolute Gasteiger partial charge is 0.548 e. The average molecular weight is 361 g/mol. The minimum atomic E-state index is -1.26. The van der Waals surface area contributed by atoms with E-state index in [1.165, 1.54) is 4.90 Å². The highest BCUT2D eigenvalue weighted by Crippen LogP contribution is 2.21. The van der Waals surface area contributed by atoms with Crippen LogP contribution in [0.25, 0.3) is 0 Å². The fourth-order valence-electron chi connectivity index (χ4n) is 3.03. The number of amides is 2. The van der Waals surface area contributed by atoms with Crippen molar-refractivity contribution in [2.75, 3.05) is 6.54 Å². The van der Waals surface area contributed by atoms with Crippen LogP contribution < -0.4 is 10.4 Å². The first-order valence-corrected chi connectivity index (χ1v) is 8.92. The van der Waals surface area contributed by atoms with E-state index in [-0.39, 0.29) is 12.5 Å². The van der Waals surface area contributed by atoms with Crippen molar-refractivity contribution < 1.29 is 24.2 Å². The number of carbonyl (C=O) groups is 3. The zero-order valence-corrected chi connectivity index (χ0v) is 15.1. The van der Waals surface area contributed by atoms with E-state index in [1.54, 1.807) is 0 Å². The van der Waals surface area contributed by atoms with Gasteiger partial charge in [-0.15, -0.1) is 0 Å². The molecule has 26 heavy (non-hydrogen) atoms. The van der Waals surface area contributed by atoms with Crippen molar-refractivity contribution in [1.82, 2.24) is 10.2 Å². The third-order valence-electron chi connectivity index (χ3n) is 4.77. The molecule has 2 amide bonds. The number of carbonyl (C=O) groups excluding carboxylic acids is 3. The van der Waals surface area contributed by atoms with Gasteiger partial charge in [0.15, 0.2) is 0 Å². The number of hydrogen-bond donors (Lipinski definition) is 1. The van der Waals surface area contributed by atoms with Crippen LogP contribution in [-0.4, -0.2) is 41.5 Å². The summed E-state index contributed by atoms with van der Waals surface area (Å²) in [6.45, 7) is 4.19. The zero-order chi connectivity index (χ0) is 19.1. The Labute approximate surface area is 153 Å². The van der Waals surface area contributed by atoms with E-state index in [0.717, 1.165) is 5.56 Å². The van der Waals surface area contributed by atoms with E-state index in [0.29, 0.717) is 25.8 Å². The number of carboxylic acids is 1. The molecule has 0 aromatic heterocycles. The second kappa shape index (κ2) is 9.22. The summed E-state index contributed by atoms with van der Waals surface area (Å²) in [6.07, 6.45) is 0.936. The molecule has 3 atom stereocenters. The Kier molecular flexibility index (Phi) is 7.00. The summed E-state index contributed by atoms with van der Waals surface area (Å²) in [5.74, 6) is -1.82. The van der Waals surface area contributed by atoms with Gasteiger partial charge in [0.2, 0.25) is 5.91 Å². The van der Waals surface area contributed by atoms with E-state index in [2.05, 4.69) is 5.32 Å². The van der Waals surface area contributed by atoms with E-state index in [1.807, 2.05) is 44.2 Å². The van der Waals surface area contributed by atoms with Crippen LogP contribution in [0.5, 0.6) is 0 Å². The van der Waals surface area contributed by atoms with Crippen molar-refractivity contribution in [2.45, 2.75) is 51.8 Å². The van der Waals surface area contributed by atoms with Gasteiger partial charge in [-0.05, 0) is 24.3 Å². The molecule has 7 nitrogen and oxygen atoms in total. The van der Waals surface area contributed by atoms with Crippen LogP contribution in [0.4, 0.5) is 4.79 Å². The number of alkyl carbamates (subject to hydrolysis) is 1. The van der Waals surface area contributed by atoms with E-state index in [4.69, 9.17) is 4.74 Å². The molecule has 0 saturated carbocycles. The third-order valence-corrected chi connectivity index (χ3v) is 4.77. The van der Waals surface area contributed by atoms with Crippen molar-refractivity contribution in [3.8, 4) is 0 Å². The summed E-state index contributed by atoms with van der Waals surface area (Å²) in [5, 5.41) is 13.9. The van der Waals surface area contributed by atoms with Gasteiger partial charge in [-0.2, -0.15) is 0 Å². The number of ether oxygens (including phenoxy) is 1. The molecule has 0 aliphatic carbocycles. The highest BCUT2D eigenvalue weighted by molar-refractivity contribution is 5.89. The molecule has 1 heterocycles. The standard InChI is InChI=1S/C19H26N2O5/c1-3-13(2)16(17(22)21-11-7-10-15(21)18(23)24)20-19(25)26-12-14-8-5-4-6-9-14/h4-6,8-9,13,15-16H,3,7,10-12H2,1-2H3,(H,20,25)(H,23,24)/p-1/t13-,15-,16-/m0/s1. The molecule has 0 unspecified atom stereocenters. The number of benzene rings is 1. The summed E-state index contributed by atoms with van der Waals surface area (Å²) < 4.78 is 5.19. The van der Waals surface area contributed by atoms with E-state index >= 15 is 0 Å². The quantitative estimate of drug-likeness (QED) is 0.783. The predicted octanol–water partition coefficient (Wildman–Crippen LogP) is 1.07. The molecule has 142 valence electrons. The molecular formula is C19H25N2O5-. The minimum absolute atomic E-state index is 0.0967. The summed E-state index contributed by atoms with van der Waals surface area (Å²) in [6, 6.07) is 7.45. The second-order valence-corrected chi connectivity index (χ2v) is 6.58. The lowest BCUT2D eigenvalue weighted by molar-refractivity contribution is -0.310. The summed E-state index contributed by atoms with van der Waals surface area (Å²) in [7, 11) is 0. The fraction of sp³-hybridized carbons (Fsp3) is 0.526. The zero-order valence-electron chi connectivity index (χ0n) is 15.1. The SMILES string of the molecule is CC[C@H](C)[C@H](NC(=O)OCc1ccccc1)C(=O)N1CCC[C@H]1C(=O)[O-]. The lowest BCUT2D eigenvalue weighted by Gasteiger charge is -2.32. The molecule has 1 aromatic rings. The van der Waals surface area contributed by atoms with Crippen LogP contribution in [0.15, 0.2) is 30.3 Å². The first-order chi connectivity index (χ1) is 12.4. The van der Waals surface area contributed by atoms with Gasteiger partial charge in [0.1, 0.15) is 12.6 Å². The third kappa shape index (κ3) is 4.97. The van der Waals surface area contributed by atoms with Gasteiger partial charge in [0, 0.05) is 6.54 Å². The lowest BCUT2D eigenvalue weighted by Crippen LogP contribution is -2.56. The van der Waals surface area contributed by atoms with Gasteiger partial charge in [0.05, 0.1) is 12.0 Å². The van der Waals surface area contributed by atoms with Crippen LogP contribution in [0.1, 0.15) is 38.7 Å². The Morgan fingerprint density at radius 3 is 2.62 bits per heavy atom. The van der Waals surface area contributed by atoms with Gasteiger partial charge in [-0.3, -0.25) is 4.79 Å². The number of rotatable bonds is 7. The Balaban J connectivity index is 2.01. The molecule has 1 fully saturated rings. The molecule has 0 spiro atoms. The van der Waals surface area contributed by atoms with Crippen molar-refractivity contribution in [3.63, 3.8) is 0 Å². The summed E-state index contributed by atoms with van der Waals surface area (Å²) >= 11 is 0. The Morgan fingerprint density at radius 1 is 1.31 bits per heavy atom. The van der Waals surface area contributed by atoms with Gasteiger partial charge >= 0.3 is 6.09 Å². The highest BCUT2D eigenvalue weighted by Gasteiger charge is 2.36. The predicted molar refractivity (Wildman–Crippen MR) is 92.7 cm³/mol. The smallest absolute Gasteiger partial charge is 0.408 e. The van der Waals surface area contributed by atoms with Crippen LogP contribution in [0.2, 0.25) is 0 Å². The monoisotopic (exact) mass is 361 g/mol. The first-order valence-electron chi connectivity index (χ1n) is 8.92. The van der Waals surface area contributed by atoms with Gasteiger partial charge in [0.25, 0.3) is 0 Å². The molecule has 7 heteroatoms. The molecule has 1 aliphatic rings. The van der Waals surface area contributed by atoms with Crippen LogP contribution >= 0.6 is 0 Å². The summed E-state index contributed by atoms with van der Waals surface area (Å²) in [5.41, 5.74) is 0.839. The molecule has 1 aromatic carbocycles. The molecule has 1 N–H and O–H groups in total. The Bertz CT molecular complexity index is 634. The van der Waals surface area contributed by atoms with Crippen molar-refractivity contribution in [3.05, 3.63) is 35.9 Å². The minimum Gasteiger partial charge on any atom is -0.548 e. The summed E-state index contributed by atoms with van der Waals surface area (Å²) in [4.78, 5) is 37.5. The first kappa shape index (κ1) is 19.8. The Hall–Kier alpha value is -2.57. The number of hydrogen-bond acceptors (Lipinski definition) is 5. The number of carboxylic acid groups (broad SMARTS) is 1. The van der Waals surface area contributed by atoms with E-state index in [9.17, 15) is 19.5 Å². The van der Waals surface area contributed by atoms with Crippen LogP contribution in [-0.2, 0) is 20.9 Å². The van der Waals surface area contributed by atoms with Crippen molar-refractivity contribution in [1.29, 1.82) is 0 Å². The number of aliphatic carboxylic acids is 1. The fourth-order valence-corrected chi connectivity index (χ4v) is 3.03. The Morgan fingerprint density at radius 2 is 2.00 bits per heavy atom. The number of likely N-dealkylation sites (tertiary alicyclic amines) is 1. The van der Waals surface area contributed by atoms with Crippen molar-refractivity contribution >= 4 is 18.0 Å². The highest BCUT2D eigenvalue weighted by atomic mass is 16.5. The van der Waals surface area contributed by atoms with Gasteiger partial charge < -0.3 is 24.9 Å². The van der Waals surface area contributed by atoms with Gasteiger partial charge in [-0.25, -0.2) is 4.79 Å². The maximum absolute atomic E-state index is 12.8. The normalized spacial score (nSPS) is 18.8. The second-order valence-electron chi connectivity index (χ2n) is 6.58. The number of nitrogens with zero attached hydrogens (tertiary/aromatic N) is 1. The lowest BCUT2D eigenvalue weighted by atomic mass is 9.97. The topological polar surface area (TPSA) is 98.8 Å². The molecule has 2 rings (SSSR count). The van der Waals surface area contributed by atoms with Crippen LogP contribution in [0, 0.1) is 5.92 Å². The van der Waals surface area contributed by atoms with Crippen LogP contribution in [0.3, 0.4) is 0 Å². The molecule has 1 aliphatic heterocycles. The van der Waals surface area contributed by atoms with Crippen molar-refractivity contribution in [2.24, 2.45) is 5.92 Å². The molecular weight excluding hydrogens is 336 g/mol. The maximum atomic E-state index is 12.8. The number of nitrogens with one attached hydrogen (secondary N) is 1.